The number of para-hydroxylation sites is 2. The Hall–Kier alpha value is -2.48. The third-order valence-corrected chi connectivity index (χ3v) is 3.46. The Morgan fingerprint density at radius 1 is 0.850 bits per heavy atom. The van der Waals surface area contributed by atoms with Crippen LogP contribution >= 0.6 is 0 Å². The molecule has 0 radical (unpaired) electrons. The van der Waals surface area contributed by atoms with Crippen molar-refractivity contribution in [3.8, 4) is 0 Å². The first-order valence-corrected chi connectivity index (χ1v) is 6.78. The van der Waals surface area contributed by atoms with Gasteiger partial charge in [0.25, 0.3) is 0 Å². The van der Waals surface area contributed by atoms with E-state index < -0.39 is 0 Å². The van der Waals surface area contributed by atoms with E-state index in [-0.39, 0.29) is 0 Å². The molecule has 0 aliphatic carbocycles. The standard InChI is InChI=1S/2C9H9N/c1-10-7-6-8-4-2-3-5-9(8)10;1-7-6-8-4-2-3-5-9(8)10-7/h2-7H,1H3;2-6,10H,1H3. The van der Waals surface area contributed by atoms with Crippen LogP contribution in [0, 0.1) is 6.92 Å². The van der Waals surface area contributed by atoms with Crippen molar-refractivity contribution in [1.29, 1.82) is 0 Å². The molecule has 0 saturated heterocycles. The lowest BCUT2D eigenvalue weighted by Crippen LogP contribution is -1.81. The minimum atomic E-state index is 1.22. The number of rotatable bonds is 0. The highest BCUT2D eigenvalue weighted by Gasteiger charge is 1.93. The lowest BCUT2D eigenvalue weighted by Gasteiger charge is -1.92. The zero-order valence-corrected chi connectivity index (χ0v) is 11.8. The normalized spacial score (nSPS) is 10.5. The summed E-state index contributed by atoms with van der Waals surface area (Å²) < 4.78 is 2.12. The lowest BCUT2D eigenvalue weighted by atomic mass is 10.2. The van der Waals surface area contributed by atoms with Crippen LogP contribution in [0.1, 0.15) is 5.69 Å². The second kappa shape index (κ2) is 5.25. The van der Waals surface area contributed by atoms with E-state index in [0.29, 0.717) is 0 Å². The van der Waals surface area contributed by atoms with E-state index in [1.54, 1.807) is 0 Å². The Bertz CT molecular complexity index is 795. The van der Waals surface area contributed by atoms with Gasteiger partial charge in [0.15, 0.2) is 0 Å². The van der Waals surface area contributed by atoms with Crippen molar-refractivity contribution in [3.63, 3.8) is 0 Å². The molecule has 0 bridgehead atoms. The van der Waals surface area contributed by atoms with Crippen molar-refractivity contribution >= 4 is 21.8 Å². The van der Waals surface area contributed by atoms with Gasteiger partial charge in [0.05, 0.1) is 0 Å². The highest BCUT2D eigenvalue weighted by molar-refractivity contribution is 5.80. The Balaban J connectivity index is 0.000000121. The van der Waals surface area contributed by atoms with Gasteiger partial charge in [-0.15, -0.1) is 0 Å². The minimum absolute atomic E-state index is 1.22. The van der Waals surface area contributed by atoms with Gasteiger partial charge >= 0.3 is 0 Å². The number of H-pyrrole nitrogens is 1. The van der Waals surface area contributed by atoms with Gasteiger partial charge in [0.1, 0.15) is 0 Å². The average molecular weight is 262 g/mol. The number of hydrogen-bond donors (Lipinski definition) is 1. The zero-order chi connectivity index (χ0) is 13.9. The van der Waals surface area contributed by atoms with Crippen LogP contribution in [-0.2, 0) is 7.05 Å². The molecule has 20 heavy (non-hydrogen) atoms. The summed E-state index contributed by atoms with van der Waals surface area (Å²) in [6.45, 7) is 2.07. The predicted octanol–water partition coefficient (Wildman–Crippen LogP) is 4.65. The third-order valence-electron chi connectivity index (χ3n) is 3.46. The molecule has 2 heteroatoms. The summed E-state index contributed by atoms with van der Waals surface area (Å²) in [4.78, 5) is 3.26. The van der Waals surface area contributed by atoms with Crippen LogP contribution in [0.15, 0.2) is 66.9 Å². The van der Waals surface area contributed by atoms with E-state index in [1.165, 1.54) is 27.5 Å². The maximum atomic E-state index is 3.26. The largest absolute Gasteiger partial charge is 0.359 e. The first kappa shape index (κ1) is 12.5. The van der Waals surface area contributed by atoms with E-state index >= 15 is 0 Å². The van der Waals surface area contributed by atoms with Crippen LogP contribution in [0.5, 0.6) is 0 Å². The SMILES string of the molecule is Cc1cc2ccccc2[nH]1.Cn1ccc2ccccc21. The molecule has 4 aromatic rings. The van der Waals surface area contributed by atoms with E-state index in [1.807, 2.05) is 6.07 Å². The number of aromatic nitrogens is 2. The molecule has 0 amide bonds. The second-order valence-corrected chi connectivity index (χ2v) is 5.03. The van der Waals surface area contributed by atoms with E-state index in [4.69, 9.17) is 0 Å². The van der Waals surface area contributed by atoms with Crippen molar-refractivity contribution in [2.45, 2.75) is 6.92 Å². The predicted molar refractivity (Wildman–Crippen MR) is 86.0 cm³/mol. The highest BCUT2D eigenvalue weighted by Crippen LogP contribution is 2.13. The summed E-state index contributed by atoms with van der Waals surface area (Å²) in [6, 6.07) is 20.9. The number of nitrogens with one attached hydrogen (secondary N) is 1. The zero-order valence-electron chi connectivity index (χ0n) is 11.8. The quantitative estimate of drug-likeness (QED) is 0.476. The van der Waals surface area contributed by atoms with Gasteiger partial charge in [0, 0.05) is 30.0 Å². The average Bonchev–Trinajstić information content (AvgIpc) is 3.02. The molecular formula is C18H18N2. The molecule has 0 saturated carbocycles. The summed E-state index contributed by atoms with van der Waals surface area (Å²) >= 11 is 0. The molecular weight excluding hydrogens is 244 g/mol. The van der Waals surface area contributed by atoms with Gasteiger partial charge < -0.3 is 9.55 Å². The van der Waals surface area contributed by atoms with Gasteiger partial charge in [-0.25, -0.2) is 0 Å². The van der Waals surface area contributed by atoms with Gasteiger partial charge in [-0.1, -0.05) is 36.4 Å². The molecule has 0 fully saturated rings. The van der Waals surface area contributed by atoms with Crippen molar-refractivity contribution in [2.75, 3.05) is 0 Å². The lowest BCUT2D eigenvalue weighted by molar-refractivity contribution is 0.969. The molecule has 0 atom stereocenters. The first-order valence-electron chi connectivity index (χ1n) is 6.78. The van der Waals surface area contributed by atoms with Crippen LogP contribution < -0.4 is 0 Å². The molecule has 100 valence electrons. The summed E-state index contributed by atoms with van der Waals surface area (Å²) in [6.07, 6.45) is 2.07. The number of aryl methyl sites for hydroxylation is 2. The summed E-state index contributed by atoms with van der Waals surface area (Å²) in [5.74, 6) is 0. The maximum absolute atomic E-state index is 3.26. The number of benzene rings is 2. The van der Waals surface area contributed by atoms with Gasteiger partial charge in [-0.2, -0.15) is 0 Å². The smallest absolute Gasteiger partial charge is 0.0477 e. The number of hydrogen-bond acceptors (Lipinski definition) is 0. The summed E-state index contributed by atoms with van der Waals surface area (Å²) in [7, 11) is 2.06. The number of fused-ring (bicyclic) bond motifs is 2. The fourth-order valence-corrected chi connectivity index (χ4v) is 2.44. The summed E-state index contributed by atoms with van der Waals surface area (Å²) in [5.41, 5.74) is 3.74. The van der Waals surface area contributed by atoms with E-state index in [9.17, 15) is 0 Å². The molecule has 0 aliphatic rings. The Morgan fingerprint density at radius 3 is 2.30 bits per heavy atom. The van der Waals surface area contributed by atoms with Crippen molar-refractivity contribution < 1.29 is 0 Å². The summed E-state index contributed by atoms with van der Waals surface area (Å²) in [5, 5.41) is 2.60. The molecule has 2 nitrogen and oxygen atoms in total. The van der Waals surface area contributed by atoms with E-state index in [2.05, 4.69) is 84.3 Å². The van der Waals surface area contributed by atoms with Crippen molar-refractivity contribution in [1.82, 2.24) is 9.55 Å². The van der Waals surface area contributed by atoms with Gasteiger partial charge in [-0.05, 0) is 42.0 Å². The van der Waals surface area contributed by atoms with Gasteiger partial charge in [-0.3, -0.25) is 0 Å². The Labute approximate surface area is 118 Å². The molecule has 2 aromatic carbocycles. The second-order valence-electron chi connectivity index (χ2n) is 5.03. The van der Waals surface area contributed by atoms with Gasteiger partial charge in [0.2, 0.25) is 0 Å². The Morgan fingerprint density at radius 2 is 1.55 bits per heavy atom. The number of aromatic amines is 1. The molecule has 2 heterocycles. The monoisotopic (exact) mass is 262 g/mol. The molecule has 2 aromatic heterocycles. The third kappa shape index (κ3) is 2.45. The van der Waals surface area contributed by atoms with Crippen LogP contribution in [0.3, 0.4) is 0 Å². The van der Waals surface area contributed by atoms with Crippen LogP contribution in [0.4, 0.5) is 0 Å². The topological polar surface area (TPSA) is 20.7 Å². The fourth-order valence-electron chi connectivity index (χ4n) is 2.44. The molecule has 0 unspecified atom stereocenters. The van der Waals surface area contributed by atoms with Crippen LogP contribution in [0.2, 0.25) is 0 Å². The minimum Gasteiger partial charge on any atom is -0.359 e. The van der Waals surface area contributed by atoms with E-state index in [0.717, 1.165) is 0 Å². The molecule has 0 aliphatic heterocycles. The van der Waals surface area contributed by atoms with Crippen LogP contribution in [-0.4, -0.2) is 9.55 Å². The highest BCUT2D eigenvalue weighted by atomic mass is 14.9. The van der Waals surface area contributed by atoms with Crippen LogP contribution in [0.25, 0.3) is 21.8 Å². The van der Waals surface area contributed by atoms with Crippen molar-refractivity contribution in [3.05, 3.63) is 72.6 Å². The molecule has 0 spiro atoms. The Kier molecular flexibility index (Phi) is 3.30. The fraction of sp³-hybridized carbons (Fsp3) is 0.111. The molecule has 1 N–H and O–H groups in total. The maximum Gasteiger partial charge on any atom is 0.0477 e. The number of nitrogens with zero attached hydrogens (tertiary/aromatic N) is 1. The molecule has 4 rings (SSSR count). The van der Waals surface area contributed by atoms with Crippen molar-refractivity contribution in [2.24, 2.45) is 7.05 Å². The first-order chi connectivity index (χ1) is 9.74.